The normalized spacial score (nSPS) is 12.6. The van der Waals surface area contributed by atoms with E-state index in [2.05, 4.69) is 93.7 Å². The summed E-state index contributed by atoms with van der Waals surface area (Å²) in [5.74, 6) is -0.939. The molecule has 0 aliphatic rings. The van der Waals surface area contributed by atoms with Gasteiger partial charge in [-0.3, -0.25) is 14.4 Å². The molecule has 62 heavy (non-hydrogen) atoms. The number of esters is 3. The van der Waals surface area contributed by atoms with E-state index in [0.29, 0.717) is 19.3 Å². The van der Waals surface area contributed by atoms with Gasteiger partial charge in [-0.2, -0.15) is 0 Å². The first-order chi connectivity index (χ1) is 30.5. The van der Waals surface area contributed by atoms with Gasteiger partial charge in [-0.15, -0.1) is 0 Å². The molecule has 1 atom stereocenters. The van der Waals surface area contributed by atoms with E-state index < -0.39 is 6.10 Å². The van der Waals surface area contributed by atoms with E-state index >= 15 is 0 Å². The summed E-state index contributed by atoms with van der Waals surface area (Å²) >= 11 is 0. The highest BCUT2D eigenvalue weighted by molar-refractivity contribution is 5.71. The Morgan fingerprint density at radius 3 is 1.05 bits per heavy atom. The van der Waals surface area contributed by atoms with Crippen molar-refractivity contribution in [3.63, 3.8) is 0 Å². The quantitative estimate of drug-likeness (QED) is 0.0262. The zero-order valence-electron chi connectivity index (χ0n) is 40.6. The van der Waals surface area contributed by atoms with Crippen molar-refractivity contribution in [1.29, 1.82) is 0 Å². The molecule has 0 saturated carbocycles. The SMILES string of the molecule is CC/C=C\C/C=C\C/C=C\C/C=C\CCCCC(=O)OC[C@H](COC(=O)CCCCCCCCC/C=C\C/C=C\CCCCC)OC(=O)CCCCCCCCCCCCCC. The van der Waals surface area contributed by atoms with Crippen LogP contribution >= 0.6 is 0 Å². The second-order valence-corrected chi connectivity index (χ2v) is 17.1. The first-order valence-electron chi connectivity index (χ1n) is 25.9. The standard InChI is InChI=1S/C56H96O6/c1-4-7-10-13-16-19-22-25-27-28-30-32-35-37-40-43-46-49-55(58)61-52-53(62-56(59)50-47-44-41-38-33-24-21-18-15-12-9-6-3)51-60-54(57)48-45-42-39-36-34-31-29-26-23-20-17-14-11-8-5-2/h8,11,16-17,19-20,25-27,29,34,36,53H,4-7,9-10,12-15,18,21-24,28,30-33,35,37-52H2,1-3H3/b11-8-,19-16-,20-17-,27-25-,29-26-,36-34-/t53-/m1/s1. The number of unbranched alkanes of at least 4 members (excludes halogenated alkanes) is 23. The van der Waals surface area contributed by atoms with Gasteiger partial charge in [0, 0.05) is 19.3 Å². The maximum absolute atomic E-state index is 12.8. The lowest BCUT2D eigenvalue weighted by molar-refractivity contribution is -0.167. The lowest BCUT2D eigenvalue weighted by Gasteiger charge is -2.18. The van der Waals surface area contributed by atoms with Crippen LogP contribution in [0, 0.1) is 0 Å². The van der Waals surface area contributed by atoms with Crippen molar-refractivity contribution < 1.29 is 28.6 Å². The van der Waals surface area contributed by atoms with Gasteiger partial charge in [0.15, 0.2) is 6.10 Å². The molecular formula is C56H96O6. The van der Waals surface area contributed by atoms with Gasteiger partial charge in [0.2, 0.25) is 0 Å². The molecule has 0 spiro atoms. The molecule has 0 rings (SSSR count). The van der Waals surface area contributed by atoms with E-state index in [1.807, 2.05) is 0 Å². The molecule has 6 nitrogen and oxygen atoms in total. The maximum Gasteiger partial charge on any atom is 0.306 e. The van der Waals surface area contributed by atoms with Crippen LogP contribution in [0.1, 0.15) is 245 Å². The minimum absolute atomic E-state index is 0.0914. The van der Waals surface area contributed by atoms with Gasteiger partial charge in [0.25, 0.3) is 0 Å². The van der Waals surface area contributed by atoms with E-state index in [1.165, 1.54) is 109 Å². The van der Waals surface area contributed by atoms with Crippen molar-refractivity contribution in [3.05, 3.63) is 72.9 Å². The predicted molar refractivity (Wildman–Crippen MR) is 265 cm³/mol. The second-order valence-electron chi connectivity index (χ2n) is 17.1. The van der Waals surface area contributed by atoms with Gasteiger partial charge in [0.1, 0.15) is 13.2 Å². The van der Waals surface area contributed by atoms with Crippen molar-refractivity contribution in [2.24, 2.45) is 0 Å². The minimum atomic E-state index is -0.793. The van der Waals surface area contributed by atoms with E-state index in [-0.39, 0.29) is 31.1 Å². The highest BCUT2D eigenvalue weighted by atomic mass is 16.6. The fraction of sp³-hybridized carbons (Fsp3) is 0.732. The average Bonchev–Trinajstić information content (AvgIpc) is 3.27. The summed E-state index contributed by atoms with van der Waals surface area (Å²) in [6.07, 6.45) is 63.1. The van der Waals surface area contributed by atoms with Crippen LogP contribution in [0.15, 0.2) is 72.9 Å². The first-order valence-corrected chi connectivity index (χ1v) is 25.9. The van der Waals surface area contributed by atoms with Crippen LogP contribution in [-0.2, 0) is 28.6 Å². The maximum atomic E-state index is 12.8. The van der Waals surface area contributed by atoms with Crippen molar-refractivity contribution in [3.8, 4) is 0 Å². The number of carbonyl (C=O) groups excluding carboxylic acids is 3. The van der Waals surface area contributed by atoms with Gasteiger partial charge in [-0.25, -0.2) is 0 Å². The molecule has 0 heterocycles. The largest absolute Gasteiger partial charge is 0.462 e. The molecule has 0 aromatic rings. The molecule has 356 valence electrons. The van der Waals surface area contributed by atoms with Gasteiger partial charge >= 0.3 is 17.9 Å². The van der Waals surface area contributed by atoms with Crippen molar-refractivity contribution in [2.45, 2.75) is 252 Å². The third-order valence-electron chi connectivity index (χ3n) is 10.9. The second kappa shape index (κ2) is 50.5. The molecule has 0 aromatic carbocycles. The molecule has 0 amide bonds. The Balaban J connectivity index is 4.43. The molecule has 6 heteroatoms. The van der Waals surface area contributed by atoms with E-state index in [9.17, 15) is 14.4 Å². The lowest BCUT2D eigenvalue weighted by Crippen LogP contribution is -2.30. The van der Waals surface area contributed by atoms with Crippen LogP contribution in [0.25, 0.3) is 0 Å². The molecule has 0 saturated heterocycles. The van der Waals surface area contributed by atoms with E-state index in [1.54, 1.807) is 0 Å². The van der Waals surface area contributed by atoms with E-state index in [4.69, 9.17) is 14.2 Å². The van der Waals surface area contributed by atoms with Crippen LogP contribution in [0.2, 0.25) is 0 Å². The average molecular weight is 865 g/mol. The Bertz CT molecular complexity index is 1180. The van der Waals surface area contributed by atoms with Gasteiger partial charge in [-0.1, -0.05) is 209 Å². The molecule has 0 aliphatic carbocycles. The molecule has 0 aromatic heterocycles. The molecule has 0 aliphatic heterocycles. The Morgan fingerprint density at radius 2 is 0.629 bits per heavy atom. The fourth-order valence-corrected chi connectivity index (χ4v) is 7.05. The van der Waals surface area contributed by atoms with Crippen molar-refractivity contribution in [1.82, 2.24) is 0 Å². The molecule has 0 bridgehead atoms. The third-order valence-corrected chi connectivity index (χ3v) is 10.9. The van der Waals surface area contributed by atoms with Crippen LogP contribution < -0.4 is 0 Å². The monoisotopic (exact) mass is 865 g/mol. The molecule has 0 N–H and O–H groups in total. The molecule has 0 fully saturated rings. The first kappa shape index (κ1) is 58.9. The zero-order valence-corrected chi connectivity index (χ0v) is 40.6. The van der Waals surface area contributed by atoms with Crippen LogP contribution in [0.3, 0.4) is 0 Å². The number of ether oxygens (including phenoxy) is 3. The summed E-state index contributed by atoms with van der Waals surface area (Å²) in [6.45, 7) is 6.45. The van der Waals surface area contributed by atoms with Crippen LogP contribution in [0.4, 0.5) is 0 Å². The van der Waals surface area contributed by atoms with Gasteiger partial charge in [0.05, 0.1) is 0 Å². The highest BCUT2D eigenvalue weighted by Gasteiger charge is 2.19. The van der Waals surface area contributed by atoms with Crippen molar-refractivity contribution in [2.75, 3.05) is 13.2 Å². The Morgan fingerprint density at radius 1 is 0.339 bits per heavy atom. The minimum Gasteiger partial charge on any atom is -0.462 e. The topological polar surface area (TPSA) is 78.9 Å². The Hall–Kier alpha value is -3.15. The summed E-state index contributed by atoms with van der Waals surface area (Å²) in [4.78, 5) is 38.0. The molecule has 0 radical (unpaired) electrons. The number of carbonyl (C=O) groups is 3. The number of hydrogen-bond donors (Lipinski definition) is 0. The number of hydrogen-bond acceptors (Lipinski definition) is 6. The van der Waals surface area contributed by atoms with Gasteiger partial charge in [-0.05, 0) is 89.9 Å². The highest BCUT2D eigenvalue weighted by Crippen LogP contribution is 2.15. The summed E-state index contributed by atoms with van der Waals surface area (Å²) in [7, 11) is 0. The van der Waals surface area contributed by atoms with E-state index in [0.717, 1.165) is 96.3 Å². The number of rotatable bonds is 46. The molecule has 0 unspecified atom stereocenters. The summed E-state index contributed by atoms with van der Waals surface area (Å²) < 4.78 is 16.8. The number of allylic oxidation sites excluding steroid dienone is 12. The summed E-state index contributed by atoms with van der Waals surface area (Å²) in [5.41, 5.74) is 0. The smallest absolute Gasteiger partial charge is 0.306 e. The fourth-order valence-electron chi connectivity index (χ4n) is 7.05. The van der Waals surface area contributed by atoms with Crippen molar-refractivity contribution >= 4 is 17.9 Å². The molecular weight excluding hydrogens is 769 g/mol. The van der Waals surface area contributed by atoms with Crippen LogP contribution in [-0.4, -0.2) is 37.2 Å². The summed E-state index contributed by atoms with van der Waals surface area (Å²) in [6, 6.07) is 0. The summed E-state index contributed by atoms with van der Waals surface area (Å²) in [5, 5.41) is 0. The van der Waals surface area contributed by atoms with Crippen LogP contribution in [0.5, 0.6) is 0 Å². The zero-order chi connectivity index (χ0) is 45.1. The Labute approximate surface area is 382 Å². The third kappa shape index (κ3) is 47.9. The Kier molecular flexibility index (Phi) is 47.9. The predicted octanol–water partition coefficient (Wildman–Crippen LogP) is 17.0. The van der Waals surface area contributed by atoms with Gasteiger partial charge < -0.3 is 14.2 Å². The lowest BCUT2D eigenvalue weighted by atomic mass is 10.0.